The van der Waals surface area contributed by atoms with Gasteiger partial charge in [0.05, 0.1) is 0 Å². The summed E-state index contributed by atoms with van der Waals surface area (Å²) in [4.78, 5) is 13.0. The number of nitrogens with zero attached hydrogens (tertiary/aromatic N) is 1. The van der Waals surface area contributed by atoms with Crippen LogP contribution in [0.25, 0.3) is 0 Å². The van der Waals surface area contributed by atoms with Crippen molar-refractivity contribution in [2.24, 2.45) is 10.8 Å². The number of carboxylic acid groups (broad SMARTS) is 1. The van der Waals surface area contributed by atoms with Gasteiger partial charge in [-0.2, -0.15) is 0 Å². The van der Waals surface area contributed by atoms with Crippen LogP contribution in [0.5, 0.6) is 0 Å². The summed E-state index contributed by atoms with van der Waals surface area (Å²) < 4.78 is 0. The van der Waals surface area contributed by atoms with E-state index in [9.17, 15) is 4.79 Å². The molecule has 16 heavy (non-hydrogen) atoms. The van der Waals surface area contributed by atoms with E-state index in [-0.39, 0.29) is 5.41 Å². The van der Waals surface area contributed by atoms with Crippen molar-refractivity contribution in [3.05, 3.63) is 0 Å². The summed E-state index contributed by atoms with van der Waals surface area (Å²) in [7, 11) is 0. The van der Waals surface area contributed by atoms with E-state index in [1.165, 1.54) is 13.1 Å². The smallest absolute Gasteiger partial charge is 0.303 e. The Labute approximate surface area is 98.8 Å². The van der Waals surface area contributed by atoms with E-state index in [0.29, 0.717) is 11.8 Å². The summed E-state index contributed by atoms with van der Waals surface area (Å²) in [5.74, 6) is -0.682. The van der Waals surface area contributed by atoms with E-state index >= 15 is 0 Å². The van der Waals surface area contributed by atoms with Gasteiger partial charge in [0, 0.05) is 19.5 Å². The number of hydrogen-bond acceptors (Lipinski definition) is 2. The summed E-state index contributed by atoms with van der Waals surface area (Å²) >= 11 is 0. The topological polar surface area (TPSA) is 40.5 Å². The highest BCUT2D eigenvalue weighted by Gasteiger charge is 2.34. The van der Waals surface area contributed by atoms with Crippen molar-refractivity contribution in [1.29, 1.82) is 0 Å². The van der Waals surface area contributed by atoms with Crippen molar-refractivity contribution in [1.82, 2.24) is 4.90 Å². The average Bonchev–Trinajstić information content (AvgIpc) is 2.08. The second kappa shape index (κ2) is 4.74. The molecule has 94 valence electrons. The van der Waals surface area contributed by atoms with E-state index < -0.39 is 5.97 Å². The van der Waals surface area contributed by atoms with Gasteiger partial charge in [-0.3, -0.25) is 4.79 Å². The van der Waals surface area contributed by atoms with Crippen LogP contribution in [0.2, 0.25) is 0 Å². The molecule has 0 aromatic heterocycles. The molecule has 0 amide bonds. The molecule has 0 saturated carbocycles. The Bertz CT molecular complexity index is 251. The highest BCUT2D eigenvalue weighted by Crippen LogP contribution is 2.32. The SMILES string of the molecule is CC(C)(CCC(=O)O)CCN1CC(C)(C)C1. The monoisotopic (exact) mass is 227 g/mol. The minimum absolute atomic E-state index is 0.151. The zero-order chi connectivity index (χ0) is 12.4. The maximum Gasteiger partial charge on any atom is 0.303 e. The zero-order valence-corrected chi connectivity index (χ0v) is 11.0. The van der Waals surface area contributed by atoms with Crippen LogP contribution in [0.15, 0.2) is 0 Å². The maximum atomic E-state index is 10.5. The lowest BCUT2D eigenvalue weighted by atomic mass is 9.81. The van der Waals surface area contributed by atoms with E-state index in [2.05, 4.69) is 32.6 Å². The lowest BCUT2D eigenvalue weighted by molar-refractivity contribution is -0.137. The predicted octanol–water partition coefficient (Wildman–Crippen LogP) is 2.61. The number of carboxylic acids is 1. The van der Waals surface area contributed by atoms with Crippen molar-refractivity contribution >= 4 is 5.97 Å². The molecule has 1 rings (SSSR count). The van der Waals surface area contributed by atoms with Crippen molar-refractivity contribution < 1.29 is 9.90 Å². The minimum Gasteiger partial charge on any atom is -0.481 e. The molecule has 1 saturated heterocycles. The first-order valence-electron chi connectivity index (χ1n) is 6.14. The van der Waals surface area contributed by atoms with Crippen molar-refractivity contribution in [3.8, 4) is 0 Å². The highest BCUT2D eigenvalue weighted by molar-refractivity contribution is 5.66. The molecule has 0 aliphatic carbocycles. The average molecular weight is 227 g/mol. The van der Waals surface area contributed by atoms with E-state index in [1.807, 2.05) is 0 Å². The van der Waals surface area contributed by atoms with E-state index in [0.717, 1.165) is 19.4 Å². The first-order chi connectivity index (χ1) is 7.20. The van der Waals surface area contributed by atoms with Crippen LogP contribution >= 0.6 is 0 Å². The molecule has 1 aliphatic heterocycles. The first-order valence-corrected chi connectivity index (χ1v) is 6.14. The van der Waals surface area contributed by atoms with Gasteiger partial charge in [-0.15, -0.1) is 0 Å². The lowest BCUT2D eigenvalue weighted by Gasteiger charge is -2.47. The number of carbonyl (C=O) groups is 1. The quantitative estimate of drug-likeness (QED) is 0.758. The molecular weight excluding hydrogens is 202 g/mol. The molecule has 1 N–H and O–H groups in total. The van der Waals surface area contributed by atoms with Gasteiger partial charge in [0.25, 0.3) is 0 Å². The van der Waals surface area contributed by atoms with Gasteiger partial charge < -0.3 is 10.0 Å². The summed E-state index contributed by atoms with van der Waals surface area (Å²) in [5, 5.41) is 8.67. The van der Waals surface area contributed by atoms with Gasteiger partial charge in [0.2, 0.25) is 0 Å². The van der Waals surface area contributed by atoms with Crippen molar-refractivity contribution in [2.45, 2.75) is 47.0 Å². The van der Waals surface area contributed by atoms with Crippen LogP contribution < -0.4 is 0 Å². The third-order valence-electron chi connectivity index (χ3n) is 3.42. The minimum atomic E-state index is -0.682. The third kappa shape index (κ3) is 4.52. The summed E-state index contributed by atoms with van der Waals surface area (Å²) in [6.07, 6.45) is 2.16. The van der Waals surface area contributed by atoms with Crippen LogP contribution in [0.1, 0.15) is 47.0 Å². The Morgan fingerprint density at radius 2 is 1.88 bits per heavy atom. The molecule has 3 nitrogen and oxygen atoms in total. The molecule has 0 bridgehead atoms. The van der Waals surface area contributed by atoms with Crippen molar-refractivity contribution in [2.75, 3.05) is 19.6 Å². The lowest BCUT2D eigenvalue weighted by Crippen LogP contribution is -2.53. The Balaban J connectivity index is 2.18. The van der Waals surface area contributed by atoms with Gasteiger partial charge in [0.1, 0.15) is 0 Å². The molecule has 0 radical (unpaired) electrons. The largest absolute Gasteiger partial charge is 0.481 e. The first kappa shape index (κ1) is 13.5. The predicted molar refractivity (Wildman–Crippen MR) is 65.5 cm³/mol. The normalized spacial score (nSPS) is 20.5. The van der Waals surface area contributed by atoms with Gasteiger partial charge >= 0.3 is 5.97 Å². The maximum absolute atomic E-state index is 10.5. The molecule has 1 heterocycles. The van der Waals surface area contributed by atoms with Crippen molar-refractivity contribution in [3.63, 3.8) is 0 Å². The van der Waals surface area contributed by atoms with Crippen LogP contribution in [0.3, 0.4) is 0 Å². The molecule has 0 unspecified atom stereocenters. The van der Waals surface area contributed by atoms with Gasteiger partial charge in [-0.1, -0.05) is 27.7 Å². The fourth-order valence-electron chi connectivity index (χ4n) is 2.35. The van der Waals surface area contributed by atoms with E-state index in [4.69, 9.17) is 5.11 Å². The number of hydrogen-bond donors (Lipinski definition) is 1. The van der Waals surface area contributed by atoms with Gasteiger partial charge in [-0.05, 0) is 30.2 Å². The number of aliphatic carboxylic acids is 1. The standard InChI is InChI=1S/C13H25NO2/c1-12(2,6-5-11(15)16)7-8-14-9-13(3,4)10-14/h5-10H2,1-4H3,(H,15,16). The van der Waals surface area contributed by atoms with Crippen LogP contribution in [-0.4, -0.2) is 35.6 Å². The Kier molecular flexibility index (Phi) is 4.00. The van der Waals surface area contributed by atoms with Crippen LogP contribution in [-0.2, 0) is 4.79 Å². The van der Waals surface area contributed by atoms with Crippen LogP contribution in [0.4, 0.5) is 0 Å². The molecular formula is C13H25NO2. The number of rotatable bonds is 6. The highest BCUT2D eigenvalue weighted by atomic mass is 16.4. The fraction of sp³-hybridized carbons (Fsp3) is 0.923. The fourth-order valence-corrected chi connectivity index (χ4v) is 2.35. The van der Waals surface area contributed by atoms with Gasteiger partial charge in [-0.25, -0.2) is 0 Å². The molecule has 0 atom stereocenters. The summed E-state index contributed by atoms with van der Waals surface area (Å²) in [5.41, 5.74) is 0.642. The third-order valence-corrected chi connectivity index (χ3v) is 3.42. The Morgan fingerprint density at radius 3 is 2.31 bits per heavy atom. The molecule has 3 heteroatoms. The van der Waals surface area contributed by atoms with Gasteiger partial charge in [0.15, 0.2) is 0 Å². The molecule has 0 aromatic carbocycles. The summed E-state index contributed by atoms with van der Waals surface area (Å²) in [6.45, 7) is 12.4. The second-order valence-corrected chi connectivity index (χ2v) is 6.68. The molecule has 0 aromatic rings. The summed E-state index contributed by atoms with van der Waals surface area (Å²) in [6, 6.07) is 0. The molecule has 1 aliphatic rings. The Hall–Kier alpha value is -0.570. The zero-order valence-electron chi connectivity index (χ0n) is 11.0. The molecule has 1 fully saturated rings. The molecule has 0 spiro atoms. The van der Waals surface area contributed by atoms with E-state index in [1.54, 1.807) is 0 Å². The second-order valence-electron chi connectivity index (χ2n) is 6.68. The van der Waals surface area contributed by atoms with Crippen LogP contribution in [0, 0.1) is 10.8 Å². The Morgan fingerprint density at radius 1 is 1.31 bits per heavy atom. The number of likely N-dealkylation sites (tertiary alicyclic amines) is 1.